The molecule has 0 aliphatic carbocycles. The molecular weight excluding hydrogens is 279 g/mol. The quantitative estimate of drug-likeness (QED) is 0.799. The van der Waals surface area contributed by atoms with Gasteiger partial charge in [-0.3, -0.25) is 0 Å². The molecule has 0 spiro atoms. The predicted molar refractivity (Wildman–Crippen MR) is 73.7 cm³/mol. The summed E-state index contributed by atoms with van der Waals surface area (Å²) in [5, 5.41) is 0.181. The average Bonchev–Trinajstić information content (AvgIpc) is 2.19. The van der Waals surface area contributed by atoms with E-state index in [1.165, 1.54) is 6.26 Å². The first kappa shape index (κ1) is 14.8. The van der Waals surface area contributed by atoms with Crippen molar-refractivity contribution >= 4 is 33.0 Å². The van der Waals surface area contributed by atoms with Crippen molar-refractivity contribution in [2.45, 2.75) is 30.4 Å². The molecule has 2 nitrogen and oxygen atoms in total. The van der Waals surface area contributed by atoms with Crippen LogP contribution in [0.5, 0.6) is 0 Å². The number of rotatable bonds is 4. The lowest BCUT2D eigenvalue weighted by atomic mass is 10.0. The summed E-state index contributed by atoms with van der Waals surface area (Å²) >= 11 is 12.0. The lowest BCUT2D eigenvalue weighted by Gasteiger charge is -2.28. The first-order valence-corrected chi connectivity index (χ1v) is 7.93. The summed E-state index contributed by atoms with van der Waals surface area (Å²) in [5.41, 5.74) is 0.978. The number of sulfone groups is 1. The van der Waals surface area contributed by atoms with Crippen LogP contribution in [0.3, 0.4) is 0 Å². The topological polar surface area (TPSA) is 34.1 Å². The van der Waals surface area contributed by atoms with Crippen LogP contribution in [0.1, 0.15) is 19.4 Å². The van der Waals surface area contributed by atoms with Gasteiger partial charge in [-0.2, -0.15) is 0 Å². The third-order valence-electron chi connectivity index (χ3n) is 3.04. The van der Waals surface area contributed by atoms with E-state index in [4.69, 9.17) is 23.2 Å². The van der Waals surface area contributed by atoms with E-state index in [0.717, 1.165) is 5.56 Å². The molecule has 0 amide bonds. The number of hydrogen-bond acceptors (Lipinski definition) is 2. The van der Waals surface area contributed by atoms with Crippen molar-refractivity contribution < 1.29 is 8.42 Å². The van der Waals surface area contributed by atoms with Gasteiger partial charge < -0.3 is 0 Å². The minimum Gasteiger partial charge on any atom is -0.229 e. The summed E-state index contributed by atoms with van der Waals surface area (Å²) in [6.45, 7) is 3.30. The zero-order chi connectivity index (χ0) is 13.3. The van der Waals surface area contributed by atoms with Gasteiger partial charge in [0.15, 0.2) is 9.84 Å². The number of hydrogen-bond donors (Lipinski definition) is 0. The van der Waals surface area contributed by atoms with Crippen molar-refractivity contribution in [2.75, 3.05) is 6.26 Å². The SMILES string of the molecule is CC(C)(C(Cl)Cc1ccc(Cl)cc1)S(C)(=O)=O. The molecule has 1 aromatic rings. The molecule has 0 fully saturated rings. The first-order chi connectivity index (χ1) is 7.64. The predicted octanol–water partition coefficient (Wildman–Crippen LogP) is 3.31. The van der Waals surface area contributed by atoms with Crippen LogP contribution in [-0.4, -0.2) is 24.8 Å². The Balaban J connectivity index is 2.86. The highest BCUT2D eigenvalue weighted by Gasteiger charge is 2.37. The molecule has 0 bridgehead atoms. The Morgan fingerprint density at radius 1 is 1.24 bits per heavy atom. The van der Waals surface area contributed by atoms with Gasteiger partial charge in [-0.1, -0.05) is 23.7 Å². The van der Waals surface area contributed by atoms with E-state index < -0.39 is 20.0 Å². The molecule has 1 unspecified atom stereocenters. The van der Waals surface area contributed by atoms with Gasteiger partial charge in [0.25, 0.3) is 0 Å². The molecule has 0 saturated carbocycles. The Labute approximate surface area is 113 Å². The minimum atomic E-state index is -3.19. The summed E-state index contributed by atoms with van der Waals surface area (Å²) in [4.78, 5) is 0. The fourth-order valence-electron chi connectivity index (χ4n) is 1.31. The van der Waals surface area contributed by atoms with Gasteiger partial charge in [0.05, 0.1) is 10.1 Å². The highest BCUT2D eigenvalue weighted by atomic mass is 35.5. The number of halogens is 2. The second-order valence-corrected chi connectivity index (χ2v) is 8.23. The summed E-state index contributed by atoms with van der Waals surface area (Å²) in [6, 6.07) is 7.26. The zero-order valence-electron chi connectivity index (χ0n) is 10.1. The molecule has 0 aliphatic heterocycles. The van der Waals surface area contributed by atoms with Crippen LogP contribution < -0.4 is 0 Å². The summed E-state index contributed by atoms with van der Waals surface area (Å²) in [7, 11) is -3.19. The normalized spacial score (nSPS) is 14.6. The molecular formula is C12H16Cl2O2S. The molecule has 1 aromatic carbocycles. The van der Waals surface area contributed by atoms with Gasteiger partial charge in [-0.25, -0.2) is 8.42 Å². The Morgan fingerprint density at radius 2 is 1.71 bits per heavy atom. The number of benzene rings is 1. The molecule has 5 heteroatoms. The smallest absolute Gasteiger partial charge is 0.154 e. The van der Waals surface area contributed by atoms with Crippen LogP contribution in [0.25, 0.3) is 0 Å². The Morgan fingerprint density at radius 3 is 2.12 bits per heavy atom. The van der Waals surface area contributed by atoms with Crippen LogP contribution in [-0.2, 0) is 16.3 Å². The molecule has 0 aliphatic rings. The molecule has 1 atom stereocenters. The van der Waals surface area contributed by atoms with E-state index in [2.05, 4.69) is 0 Å². The number of alkyl halides is 1. The van der Waals surface area contributed by atoms with Crippen molar-refractivity contribution in [1.29, 1.82) is 0 Å². The summed E-state index contributed by atoms with van der Waals surface area (Å²) in [5.74, 6) is 0. The van der Waals surface area contributed by atoms with Crippen LogP contribution in [0.4, 0.5) is 0 Å². The lowest BCUT2D eigenvalue weighted by Crippen LogP contribution is -2.41. The Kier molecular flexibility index (Phi) is 4.50. The monoisotopic (exact) mass is 294 g/mol. The maximum absolute atomic E-state index is 11.6. The zero-order valence-corrected chi connectivity index (χ0v) is 12.4. The van der Waals surface area contributed by atoms with E-state index in [1.807, 2.05) is 12.1 Å². The van der Waals surface area contributed by atoms with Gasteiger partial charge in [0.2, 0.25) is 0 Å². The third kappa shape index (κ3) is 3.60. The van der Waals surface area contributed by atoms with Gasteiger partial charge in [0.1, 0.15) is 0 Å². The molecule has 0 radical (unpaired) electrons. The Bertz CT molecular complexity index is 478. The molecule has 0 saturated heterocycles. The van der Waals surface area contributed by atoms with Crippen LogP contribution in [0.15, 0.2) is 24.3 Å². The second kappa shape index (κ2) is 5.17. The van der Waals surface area contributed by atoms with Gasteiger partial charge in [-0.05, 0) is 38.0 Å². The fourth-order valence-corrected chi connectivity index (χ4v) is 2.64. The van der Waals surface area contributed by atoms with Crippen molar-refractivity contribution in [3.05, 3.63) is 34.9 Å². The third-order valence-corrected chi connectivity index (χ3v) is 6.32. The first-order valence-electron chi connectivity index (χ1n) is 5.22. The maximum atomic E-state index is 11.6. The lowest BCUT2D eigenvalue weighted by molar-refractivity contribution is 0.536. The van der Waals surface area contributed by atoms with Crippen LogP contribution in [0.2, 0.25) is 5.02 Å². The van der Waals surface area contributed by atoms with Crippen LogP contribution in [0, 0.1) is 0 Å². The molecule has 0 aromatic heterocycles. The van der Waals surface area contributed by atoms with Crippen molar-refractivity contribution in [3.63, 3.8) is 0 Å². The van der Waals surface area contributed by atoms with Gasteiger partial charge >= 0.3 is 0 Å². The minimum absolute atomic E-state index is 0.473. The van der Waals surface area contributed by atoms with Crippen molar-refractivity contribution in [1.82, 2.24) is 0 Å². The van der Waals surface area contributed by atoms with E-state index >= 15 is 0 Å². The maximum Gasteiger partial charge on any atom is 0.154 e. The average molecular weight is 295 g/mol. The Hall–Kier alpha value is -0.250. The highest BCUT2D eigenvalue weighted by molar-refractivity contribution is 7.92. The van der Waals surface area contributed by atoms with E-state index in [1.54, 1.807) is 26.0 Å². The second-order valence-electron chi connectivity index (χ2n) is 4.67. The molecule has 0 N–H and O–H groups in total. The van der Waals surface area contributed by atoms with E-state index in [9.17, 15) is 8.42 Å². The van der Waals surface area contributed by atoms with E-state index in [-0.39, 0.29) is 0 Å². The highest BCUT2D eigenvalue weighted by Crippen LogP contribution is 2.27. The fraction of sp³-hybridized carbons (Fsp3) is 0.500. The summed E-state index contributed by atoms with van der Waals surface area (Å²) < 4.78 is 22.3. The largest absolute Gasteiger partial charge is 0.229 e. The summed E-state index contributed by atoms with van der Waals surface area (Å²) in [6.07, 6.45) is 1.71. The molecule has 1 rings (SSSR count). The van der Waals surface area contributed by atoms with Gasteiger partial charge in [0, 0.05) is 11.3 Å². The van der Waals surface area contributed by atoms with Gasteiger partial charge in [-0.15, -0.1) is 11.6 Å². The molecule has 0 heterocycles. The van der Waals surface area contributed by atoms with Crippen molar-refractivity contribution in [3.8, 4) is 0 Å². The molecule has 17 heavy (non-hydrogen) atoms. The van der Waals surface area contributed by atoms with Crippen molar-refractivity contribution in [2.24, 2.45) is 0 Å². The van der Waals surface area contributed by atoms with Crippen LogP contribution >= 0.6 is 23.2 Å². The molecule has 96 valence electrons. The van der Waals surface area contributed by atoms with E-state index in [0.29, 0.717) is 11.4 Å². The standard InChI is InChI=1S/C12H16Cl2O2S/c1-12(2,17(3,15)16)11(14)8-9-4-6-10(13)7-5-9/h4-7,11H,8H2,1-3H3.